The van der Waals surface area contributed by atoms with Crippen molar-refractivity contribution >= 4 is 11.8 Å². The molecule has 0 aliphatic heterocycles. The third-order valence-corrected chi connectivity index (χ3v) is 3.72. The molecule has 0 amide bonds. The number of nitrogens with zero attached hydrogens (tertiary/aromatic N) is 5. The van der Waals surface area contributed by atoms with Gasteiger partial charge >= 0.3 is 0 Å². The normalized spacial score (nSPS) is 11.1. The summed E-state index contributed by atoms with van der Waals surface area (Å²) in [5.74, 6) is 3.19. The molecule has 0 aliphatic carbocycles. The summed E-state index contributed by atoms with van der Waals surface area (Å²) in [7, 11) is 1.89. The molecule has 0 radical (unpaired) electrons. The van der Waals surface area contributed by atoms with E-state index in [-0.39, 0.29) is 0 Å². The van der Waals surface area contributed by atoms with Crippen LogP contribution in [0, 0.1) is 0 Å². The number of furan rings is 1. The van der Waals surface area contributed by atoms with Crippen molar-refractivity contribution in [1.29, 1.82) is 0 Å². The Morgan fingerprint density at radius 1 is 1.20 bits per heavy atom. The maximum absolute atomic E-state index is 5.45. The molecule has 7 nitrogen and oxygen atoms in total. The molecule has 0 unspecified atom stereocenters. The van der Waals surface area contributed by atoms with Gasteiger partial charge in [0.15, 0.2) is 16.7 Å². The molecule has 0 atom stereocenters. The Balaban J connectivity index is 1.72. The third kappa shape index (κ3) is 2.46. The molecule has 0 aliphatic rings. The zero-order chi connectivity index (χ0) is 13.9. The number of rotatable bonds is 5. The van der Waals surface area contributed by atoms with E-state index >= 15 is 0 Å². The van der Waals surface area contributed by atoms with E-state index in [2.05, 4.69) is 20.4 Å². The Hall–Kier alpha value is -2.09. The Labute approximate surface area is 119 Å². The van der Waals surface area contributed by atoms with Crippen LogP contribution >= 0.6 is 11.8 Å². The minimum atomic E-state index is 0.567. The molecule has 3 aromatic rings. The highest BCUT2D eigenvalue weighted by Crippen LogP contribution is 2.24. The first kappa shape index (κ1) is 12.9. The molecule has 0 saturated carbocycles. The number of hydrogen-bond donors (Lipinski definition) is 0. The van der Waals surface area contributed by atoms with E-state index < -0.39 is 0 Å². The van der Waals surface area contributed by atoms with Crippen LogP contribution < -0.4 is 0 Å². The topological polar surface area (TPSA) is 82.8 Å². The Bertz CT molecular complexity index is 689. The van der Waals surface area contributed by atoms with Crippen LogP contribution in [0.5, 0.6) is 0 Å². The second-order valence-corrected chi connectivity index (χ2v) is 5.02. The average Bonchev–Trinajstić information content (AvgIpc) is 3.17. The highest BCUT2D eigenvalue weighted by molar-refractivity contribution is 7.98. The summed E-state index contributed by atoms with van der Waals surface area (Å²) in [5.41, 5.74) is 0. The molecule has 3 rings (SSSR count). The molecule has 3 aromatic heterocycles. The maximum Gasteiger partial charge on any atom is 0.226 e. The fourth-order valence-corrected chi connectivity index (χ4v) is 2.42. The minimum absolute atomic E-state index is 0.567. The lowest BCUT2D eigenvalue weighted by Gasteiger charge is -2.00. The largest absolute Gasteiger partial charge is 0.461 e. The van der Waals surface area contributed by atoms with Crippen LogP contribution in [-0.2, 0) is 19.2 Å². The van der Waals surface area contributed by atoms with E-state index in [1.165, 1.54) is 11.8 Å². The van der Waals surface area contributed by atoms with Crippen LogP contribution in [0.15, 0.2) is 32.4 Å². The monoisotopic (exact) mass is 291 g/mol. The van der Waals surface area contributed by atoms with Gasteiger partial charge in [-0.05, 0) is 12.1 Å². The lowest BCUT2D eigenvalue weighted by atomic mass is 10.4. The van der Waals surface area contributed by atoms with E-state index in [0.29, 0.717) is 29.1 Å². The standard InChI is InChI=1S/C12H13N5O2S/c1-3-9-13-14-10(19-9)7-20-12-16-15-11(17(12)2)8-5-4-6-18-8/h4-6H,3,7H2,1-2H3. The van der Waals surface area contributed by atoms with Crippen molar-refractivity contribution in [2.45, 2.75) is 24.3 Å². The SMILES string of the molecule is CCc1nnc(CSc2nnc(-c3ccco3)n2C)o1. The minimum Gasteiger partial charge on any atom is -0.461 e. The number of aryl methyl sites for hydroxylation is 1. The van der Waals surface area contributed by atoms with Gasteiger partial charge in [0.25, 0.3) is 0 Å². The van der Waals surface area contributed by atoms with Gasteiger partial charge in [-0.15, -0.1) is 20.4 Å². The second-order valence-electron chi connectivity index (χ2n) is 4.07. The zero-order valence-corrected chi connectivity index (χ0v) is 11.9. The maximum atomic E-state index is 5.45. The summed E-state index contributed by atoms with van der Waals surface area (Å²) in [6.45, 7) is 1.97. The van der Waals surface area contributed by atoms with E-state index in [9.17, 15) is 0 Å². The van der Waals surface area contributed by atoms with Crippen molar-refractivity contribution in [2.75, 3.05) is 0 Å². The van der Waals surface area contributed by atoms with Crippen molar-refractivity contribution in [3.05, 3.63) is 30.2 Å². The lowest BCUT2D eigenvalue weighted by molar-refractivity contribution is 0.469. The molecule has 104 valence electrons. The first-order valence-corrected chi connectivity index (χ1v) is 7.13. The van der Waals surface area contributed by atoms with Gasteiger partial charge in [0.2, 0.25) is 11.8 Å². The van der Waals surface area contributed by atoms with Crippen LogP contribution in [0.4, 0.5) is 0 Å². The molecule has 0 aromatic carbocycles. The van der Waals surface area contributed by atoms with Gasteiger partial charge < -0.3 is 13.4 Å². The summed E-state index contributed by atoms with van der Waals surface area (Å²) in [6.07, 6.45) is 2.35. The lowest BCUT2D eigenvalue weighted by Crippen LogP contribution is -1.94. The molecule has 0 fully saturated rings. The summed E-state index contributed by atoms with van der Waals surface area (Å²) in [6, 6.07) is 3.67. The summed E-state index contributed by atoms with van der Waals surface area (Å²) < 4.78 is 12.7. The molecular formula is C12H13N5O2S. The molecule has 3 heterocycles. The van der Waals surface area contributed by atoms with Crippen molar-refractivity contribution in [3.63, 3.8) is 0 Å². The van der Waals surface area contributed by atoms with Gasteiger partial charge in [-0.25, -0.2) is 0 Å². The van der Waals surface area contributed by atoms with E-state index in [1.807, 2.05) is 30.7 Å². The number of aromatic nitrogens is 5. The summed E-state index contributed by atoms with van der Waals surface area (Å²) in [4.78, 5) is 0. The Morgan fingerprint density at radius 3 is 2.75 bits per heavy atom. The third-order valence-electron chi connectivity index (χ3n) is 2.71. The van der Waals surface area contributed by atoms with Crippen molar-refractivity contribution in [1.82, 2.24) is 25.0 Å². The molecular weight excluding hydrogens is 278 g/mol. The first-order valence-electron chi connectivity index (χ1n) is 6.15. The smallest absolute Gasteiger partial charge is 0.226 e. The predicted octanol–water partition coefficient (Wildman–Crippen LogP) is 2.31. The van der Waals surface area contributed by atoms with Gasteiger partial charge in [0, 0.05) is 13.5 Å². The molecule has 8 heteroatoms. The average molecular weight is 291 g/mol. The van der Waals surface area contributed by atoms with E-state index in [0.717, 1.165) is 11.6 Å². The van der Waals surface area contributed by atoms with Gasteiger partial charge in [0.05, 0.1) is 12.0 Å². The molecule has 20 heavy (non-hydrogen) atoms. The zero-order valence-electron chi connectivity index (χ0n) is 11.1. The highest BCUT2D eigenvalue weighted by atomic mass is 32.2. The van der Waals surface area contributed by atoms with Crippen LogP contribution in [-0.4, -0.2) is 25.0 Å². The second kappa shape index (κ2) is 5.49. The Kier molecular flexibility index (Phi) is 3.55. The van der Waals surface area contributed by atoms with E-state index in [4.69, 9.17) is 8.83 Å². The molecule has 0 saturated heterocycles. The van der Waals surface area contributed by atoms with Gasteiger partial charge in [-0.1, -0.05) is 18.7 Å². The van der Waals surface area contributed by atoms with Gasteiger partial charge in [-0.3, -0.25) is 0 Å². The number of hydrogen-bond acceptors (Lipinski definition) is 7. The van der Waals surface area contributed by atoms with Crippen molar-refractivity contribution in [2.24, 2.45) is 7.05 Å². The Morgan fingerprint density at radius 2 is 2.05 bits per heavy atom. The fourth-order valence-electron chi connectivity index (χ4n) is 1.68. The fraction of sp³-hybridized carbons (Fsp3) is 0.333. The van der Waals surface area contributed by atoms with Crippen LogP contribution in [0.2, 0.25) is 0 Å². The summed E-state index contributed by atoms with van der Waals surface area (Å²) >= 11 is 1.49. The van der Waals surface area contributed by atoms with Crippen LogP contribution in [0.25, 0.3) is 11.6 Å². The van der Waals surface area contributed by atoms with Gasteiger partial charge in [-0.2, -0.15) is 0 Å². The van der Waals surface area contributed by atoms with Crippen molar-refractivity contribution < 1.29 is 8.83 Å². The molecule has 0 bridgehead atoms. The predicted molar refractivity (Wildman–Crippen MR) is 71.9 cm³/mol. The summed E-state index contributed by atoms with van der Waals surface area (Å²) in [5, 5.41) is 16.9. The highest BCUT2D eigenvalue weighted by Gasteiger charge is 2.14. The van der Waals surface area contributed by atoms with Crippen LogP contribution in [0.3, 0.4) is 0 Å². The first-order chi connectivity index (χ1) is 9.78. The molecule has 0 spiro atoms. The van der Waals surface area contributed by atoms with Crippen molar-refractivity contribution in [3.8, 4) is 11.6 Å². The van der Waals surface area contributed by atoms with Gasteiger partial charge in [0.1, 0.15) is 0 Å². The van der Waals surface area contributed by atoms with Crippen LogP contribution in [0.1, 0.15) is 18.7 Å². The van der Waals surface area contributed by atoms with E-state index in [1.54, 1.807) is 6.26 Å². The molecule has 0 N–H and O–H groups in total. The quantitative estimate of drug-likeness (QED) is 0.667. The number of thioether (sulfide) groups is 1.